The molecule has 1 N–H and O–H groups in total. The van der Waals surface area contributed by atoms with Crippen LogP contribution >= 0.6 is 0 Å². The Labute approximate surface area is 208 Å². The lowest BCUT2D eigenvalue weighted by Crippen LogP contribution is -2.53. The van der Waals surface area contributed by atoms with Crippen LogP contribution in [-0.4, -0.2) is 67.4 Å². The molecule has 6 rings (SSSR count). The number of benzene rings is 1. The van der Waals surface area contributed by atoms with Crippen LogP contribution in [0.3, 0.4) is 0 Å². The summed E-state index contributed by atoms with van der Waals surface area (Å²) in [4.78, 5) is 41.7. The molecule has 1 aromatic rings. The first-order valence-corrected chi connectivity index (χ1v) is 13.4. The van der Waals surface area contributed by atoms with Gasteiger partial charge in [-0.1, -0.05) is 12.1 Å². The molecule has 4 aliphatic carbocycles. The van der Waals surface area contributed by atoms with Crippen LogP contribution in [0.15, 0.2) is 24.3 Å². The number of piperazine rings is 1. The Bertz CT molecular complexity index is 901. The number of ether oxygens (including phenoxy) is 1. The number of methoxy groups -OCH3 is 1. The molecule has 1 aliphatic heterocycles. The second-order valence-electron chi connectivity index (χ2n) is 11.5. The Morgan fingerprint density at radius 2 is 1.43 bits per heavy atom. The fourth-order valence-electron chi connectivity index (χ4n) is 7.60. The van der Waals surface area contributed by atoms with Crippen molar-refractivity contribution in [2.45, 2.75) is 57.8 Å². The molecular weight excluding hydrogens is 442 g/mol. The van der Waals surface area contributed by atoms with Crippen molar-refractivity contribution in [2.75, 3.05) is 39.8 Å². The maximum Gasteiger partial charge on any atom is 0.242 e. The first-order chi connectivity index (χ1) is 16.9. The summed E-state index contributed by atoms with van der Waals surface area (Å²) in [6, 6.07) is 7.79. The number of aryl methyl sites for hydroxylation is 1. The Morgan fingerprint density at radius 3 is 1.97 bits per heavy atom. The van der Waals surface area contributed by atoms with E-state index in [-0.39, 0.29) is 29.7 Å². The van der Waals surface area contributed by atoms with E-state index in [1.54, 1.807) is 12.0 Å². The summed E-state index contributed by atoms with van der Waals surface area (Å²) in [5, 5.41) is 2.92. The van der Waals surface area contributed by atoms with Crippen molar-refractivity contribution < 1.29 is 19.1 Å². The summed E-state index contributed by atoms with van der Waals surface area (Å²) in [6.07, 6.45) is 9.46. The Kier molecular flexibility index (Phi) is 7.03. The van der Waals surface area contributed by atoms with Gasteiger partial charge in [-0.25, -0.2) is 0 Å². The Morgan fingerprint density at radius 1 is 0.886 bits per heavy atom. The highest BCUT2D eigenvalue weighted by molar-refractivity contribution is 5.85. The first-order valence-electron chi connectivity index (χ1n) is 13.4. The van der Waals surface area contributed by atoms with Crippen molar-refractivity contribution in [1.29, 1.82) is 0 Å². The number of hydrogen-bond acceptors (Lipinski definition) is 4. The van der Waals surface area contributed by atoms with Crippen molar-refractivity contribution in [1.82, 2.24) is 15.1 Å². The molecule has 5 fully saturated rings. The standard InChI is InChI=1S/C28H39N3O4/c1-35-24-5-2-20(3-6-24)4-7-26(33)30-8-10-31(11-9-30)27(34)19-29-25(32)18-28-15-21-12-22(16-28)14-23(13-21)17-28/h2-3,5-6,21-23H,4,7-19H2,1H3,(H,29,32). The number of hydrogen-bond donors (Lipinski definition) is 1. The minimum Gasteiger partial charge on any atom is -0.497 e. The highest BCUT2D eigenvalue weighted by atomic mass is 16.5. The molecule has 0 unspecified atom stereocenters. The van der Waals surface area contributed by atoms with Crippen LogP contribution in [0, 0.1) is 23.2 Å². The van der Waals surface area contributed by atoms with Gasteiger partial charge in [0.2, 0.25) is 17.7 Å². The zero-order valence-corrected chi connectivity index (χ0v) is 21.0. The van der Waals surface area contributed by atoms with Crippen LogP contribution in [0.5, 0.6) is 5.75 Å². The predicted octanol–water partition coefficient (Wildman–Crippen LogP) is 3.02. The van der Waals surface area contributed by atoms with E-state index in [0.29, 0.717) is 45.4 Å². The van der Waals surface area contributed by atoms with E-state index < -0.39 is 0 Å². The minimum atomic E-state index is -0.0470. The normalized spacial score (nSPS) is 29.2. The third kappa shape index (κ3) is 5.65. The number of amides is 3. The zero-order chi connectivity index (χ0) is 24.4. The van der Waals surface area contributed by atoms with Gasteiger partial charge in [0.1, 0.15) is 5.75 Å². The highest BCUT2D eigenvalue weighted by Gasteiger charge is 2.51. The summed E-state index contributed by atoms with van der Waals surface area (Å²) < 4.78 is 5.17. The molecule has 1 aromatic carbocycles. The summed E-state index contributed by atoms with van der Waals surface area (Å²) in [6.45, 7) is 2.22. The van der Waals surface area contributed by atoms with Crippen molar-refractivity contribution in [3.63, 3.8) is 0 Å². The molecule has 1 saturated heterocycles. The van der Waals surface area contributed by atoms with Gasteiger partial charge in [-0.15, -0.1) is 0 Å². The number of carbonyl (C=O) groups excluding carboxylic acids is 3. The molecule has 5 aliphatic rings. The van der Waals surface area contributed by atoms with Gasteiger partial charge in [-0.05, 0) is 85.8 Å². The average molecular weight is 482 g/mol. The van der Waals surface area contributed by atoms with E-state index in [2.05, 4.69) is 5.32 Å². The molecule has 7 nitrogen and oxygen atoms in total. The number of rotatable bonds is 8. The molecule has 0 radical (unpaired) electrons. The number of nitrogens with one attached hydrogen (secondary N) is 1. The second kappa shape index (κ2) is 10.2. The molecular formula is C28H39N3O4. The Hall–Kier alpha value is -2.57. The van der Waals surface area contributed by atoms with Gasteiger partial charge >= 0.3 is 0 Å². The van der Waals surface area contributed by atoms with E-state index in [4.69, 9.17) is 4.74 Å². The predicted molar refractivity (Wildman–Crippen MR) is 133 cm³/mol. The molecule has 7 heteroatoms. The van der Waals surface area contributed by atoms with Gasteiger partial charge < -0.3 is 19.9 Å². The smallest absolute Gasteiger partial charge is 0.242 e. The second-order valence-corrected chi connectivity index (χ2v) is 11.5. The SMILES string of the molecule is COc1ccc(CCC(=O)N2CCN(C(=O)CNC(=O)CC34CC5CC(CC(C5)C3)C4)CC2)cc1. The fraction of sp³-hybridized carbons (Fsp3) is 0.679. The van der Waals surface area contributed by atoms with Gasteiger partial charge in [0, 0.05) is 39.0 Å². The van der Waals surface area contributed by atoms with Gasteiger partial charge in [-0.3, -0.25) is 14.4 Å². The van der Waals surface area contributed by atoms with Crippen LogP contribution in [0.1, 0.15) is 56.9 Å². The molecule has 3 amide bonds. The number of carbonyl (C=O) groups is 3. The number of nitrogens with zero attached hydrogens (tertiary/aromatic N) is 2. The highest BCUT2D eigenvalue weighted by Crippen LogP contribution is 2.61. The van der Waals surface area contributed by atoms with Crippen LogP contribution < -0.4 is 10.1 Å². The maximum atomic E-state index is 12.7. The summed E-state index contributed by atoms with van der Waals surface area (Å²) in [5.41, 5.74) is 1.30. The van der Waals surface area contributed by atoms with Gasteiger partial charge in [-0.2, -0.15) is 0 Å². The van der Waals surface area contributed by atoms with Crippen molar-refractivity contribution in [3.8, 4) is 5.75 Å². The lowest BCUT2D eigenvalue weighted by molar-refractivity contribution is -0.140. The first kappa shape index (κ1) is 24.1. The van der Waals surface area contributed by atoms with Crippen molar-refractivity contribution in [3.05, 3.63) is 29.8 Å². The fourth-order valence-corrected chi connectivity index (χ4v) is 7.60. The van der Waals surface area contributed by atoms with Crippen LogP contribution in [0.4, 0.5) is 0 Å². The van der Waals surface area contributed by atoms with Gasteiger partial charge in [0.05, 0.1) is 13.7 Å². The monoisotopic (exact) mass is 481 g/mol. The van der Waals surface area contributed by atoms with Crippen molar-refractivity contribution in [2.24, 2.45) is 23.2 Å². The summed E-state index contributed by atoms with van der Waals surface area (Å²) in [7, 11) is 1.64. The van der Waals surface area contributed by atoms with Crippen LogP contribution in [0.25, 0.3) is 0 Å². The van der Waals surface area contributed by atoms with Crippen molar-refractivity contribution >= 4 is 17.7 Å². The lowest BCUT2D eigenvalue weighted by Gasteiger charge is -2.56. The van der Waals surface area contributed by atoms with E-state index >= 15 is 0 Å². The molecule has 4 saturated carbocycles. The zero-order valence-electron chi connectivity index (χ0n) is 21.0. The minimum absolute atomic E-state index is 0.0349. The van der Waals surface area contributed by atoms with Crippen LogP contribution in [0.2, 0.25) is 0 Å². The molecule has 0 spiro atoms. The maximum absolute atomic E-state index is 12.7. The summed E-state index contributed by atoms with van der Waals surface area (Å²) >= 11 is 0. The average Bonchev–Trinajstić information content (AvgIpc) is 2.85. The molecule has 190 valence electrons. The van der Waals surface area contributed by atoms with Gasteiger partial charge in [0.25, 0.3) is 0 Å². The lowest BCUT2D eigenvalue weighted by atomic mass is 9.49. The topological polar surface area (TPSA) is 79.0 Å². The molecule has 35 heavy (non-hydrogen) atoms. The molecule has 0 atom stereocenters. The Balaban J connectivity index is 1.01. The third-order valence-corrected chi connectivity index (χ3v) is 8.91. The van der Waals surface area contributed by atoms with E-state index in [1.807, 2.05) is 29.2 Å². The quantitative estimate of drug-likeness (QED) is 0.619. The van der Waals surface area contributed by atoms with E-state index in [1.165, 1.54) is 38.5 Å². The third-order valence-electron chi connectivity index (χ3n) is 8.91. The molecule has 0 aromatic heterocycles. The van der Waals surface area contributed by atoms with Crippen LogP contribution in [-0.2, 0) is 20.8 Å². The molecule has 4 bridgehead atoms. The van der Waals surface area contributed by atoms with E-state index in [9.17, 15) is 14.4 Å². The largest absolute Gasteiger partial charge is 0.497 e. The van der Waals surface area contributed by atoms with Gasteiger partial charge in [0.15, 0.2) is 0 Å². The summed E-state index contributed by atoms with van der Waals surface area (Å²) in [5.74, 6) is 3.39. The van der Waals surface area contributed by atoms with E-state index in [0.717, 1.165) is 29.1 Å². The molecule has 1 heterocycles.